The molecule has 0 saturated heterocycles. The summed E-state index contributed by atoms with van der Waals surface area (Å²) < 4.78 is 0. The molecule has 2 rings (SSSR count). The summed E-state index contributed by atoms with van der Waals surface area (Å²) in [6, 6.07) is 4.06. The van der Waals surface area contributed by atoms with Crippen molar-refractivity contribution < 1.29 is 4.79 Å². The highest BCUT2D eigenvalue weighted by molar-refractivity contribution is 7.16. The number of aryl methyl sites for hydroxylation is 1. The van der Waals surface area contributed by atoms with E-state index in [9.17, 15) is 4.79 Å². The van der Waals surface area contributed by atoms with E-state index in [2.05, 4.69) is 9.98 Å². The third-order valence-corrected chi connectivity index (χ3v) is 3.38. The number of carbonyl (C=O) groups excluding carboxylic acids is 1. The largest absolute Gasteiger partial charge is 0.242 e. The second kappa shape index (κ2) is 3.84. The number of isocyanates is 1. The van der Waals surface area contributed by atoms with Crippen LogP contribution in [0.2, 0.25) is 0 Å². The standard InChI is InChI=1S/C9H6N2OS2/c1-6-2-3-8(14-6)7-4-13-9(11-7)10-5-12/h2-4H,1H3. The summed E-state index contributed by atoms with van der Waals surface area (Å²) in [4.78, 5) is 20.0. The molecule has 0 fully saturated rings. The van der Waals surface area contributed by atoms with Gasteiger partial charge < -0.3 is 0 Å². The number of rotatable bonds is 2. The van der Waals surface area contributed by atoms with Crippen LogP contribution in [0.1, 0.15) is 4.88 Å². The minimum absolute atomic E-state index is 0.459. The van der Waals surface area contributed by atoms with Crippen molar-refractivity contribution in [2.75, 3.05) is 0 Å². The van der Waals surface area contributed by atoms with Crippen molar-refractivity contribution >= 4 is 33.9 Å². The summed E-state index contributed by atoms with van der Waals surface area (Å²) in [5.74, 6) is 0. The van der Waals surface area contributed by atoms with Crippen LogP contribution < -0.4 is 0 Å². The first kappa shape index (κ1) is 9.27. The SMILES string of the molecule is Cc1ccc(-c2csc(N=C=O)n2)s1. The van der Waals surface area contributed by atoms with E-state index in [4.69, 9.17) is 0 Å². The molecule has 70 valence electrons. The van der Waals surface area contributed by atoms with E-state index in [0.717, 1.165) is 10.6 Å². The molecule has 0 amide bonds. The smallest absolute Gasteiger partial charge is 0.217 e. The predicted octanol–water partition coefficient (Wildman–Crippen LogP) is 3.15. The zero-order valence-corrected chi connectivity index (χ0v) is 8.98. The summed E-state index contributed by atoms with van der Waals surface area (Å²) >= 11 is 3.02. The summed E-state index contributed by atoms with van der Waals surface area (Å²) in [6.07, 6.45) is 1.48. The molecule has 0 spiro atoms. The average Bonchev–Trinajstić information content (AvgIpc) is 2.74. The fraction of sp³-hybridized carbons (Fsp3) is 0.111. The van der Waals surface area contributed by atoms with Crippen molar-refractivity contribution in [2.45, 2.75) is 6.92 Å². The van der Waals surface area contributed by atoms with Crippen LogP contribution in [-0.4, -0.2) is 11.1 Å². The topological polar surface area (TPSA) is 42.3 Å². The maximum atomic E-state index is 10.0. The Labute approximate surface area is 88.8 Å². The van der Waals surface area contributed by atoms with E-state index in [1.165, 1.54) is 22.3 Å². The van der Waals surface area contributed by atoms with E-state index < -0.39 is 0 Å². The Morgan fingerprint density at radius 2 is 2.36 bits per heavy atom. The Hall–Kier alpha value is -1.29. The number of thiazole rings is 1. The van der Waals surface area contributed by atoms with Crippen molar-refractivity contribution in [3.63, 3.8) is 0 Å². The van der Waals surface area contributed by atoms with Gasteiger partial charge in [0.05, 0.1) is 10.6 Å². The van der Waals surface area contributed by atoms with Gasteiger partial charge in [-0.15, -0.1) is 27.7 Å². The lowest BCUT2D eigenvalue weighted by Crippen LogP contribution is -1.68. The molecule has 0 N–H and O–H groups in total. The molecule has 0 aliphatic heterocycles. The Morgan fingerprint density at radius 1 is 1.50 bits per heavy atom. The molecule has 0 radical (unpaired) electrons. The molecule has 5 heteroatoms. The molecule has 0 aliphatic rings. The molecule has 0 saturated carbocycles. The van der Waals surface area contributed by atoms with Crippen LogP contribution in [0.25, 0.3) is 10.6 Å². The number of hydrogen-bond acceptors (Lipinski definition) is 5. The Bertz CT molecular complexity index is 494. The van der Waals surface area contributed by atoms with Gasteiger partial charge in [0.1, 0.15) is 0 Å². The van der Waals surface area contributed by atoms with Crippen molar-refractivity contribution in [3.8, 4) is 10.6 Å². The Morgan fingerprint density at radius 3 is 3.00 bits per heavy atom. The molecule has 0 unspecified atom stereocenters. The van der Waals surface area contributed by atoms with Gasteiger partial charge in [0.25, 0.3) is 0 Å². The van der Waals surface area contributed by atoms with Gasteiger partial charge in [-0.2, -0.15) is 0 Å². The number of hydrogen-bond donors (Lipinski definition) is 0. The predicted molar refractivity (Wildman–Crippen MR) is 57.9 cm³/mol. The fourth-order valence-electron chi connectivity index (χ4n) is 1.04. The highest BCUT2D eigenvalue weighted by Crippen LogP contribution is 2.31. The van der Waals surface area contributed by atoms with Crippen LogP contribution in [0, 0.1) is 6.92 Å². The zero-order chi connectivity index (χ0) is 9.97. The second-order valence-electron chi connectivity index (χ2n) is 2.63. The van der Waals surface area contributed by atoms with Gasteiger partial charge in [-0.1, -0.05) is 0 Å². The van der Waals surface area contributed by atoms with Crippen molar-refractivity contribution in [1.29, 1.82) is 0 Å². The summed E-state index contributed by atoms with van der Waals surface area (Å²) in [5, 5.41) is 2.35. The number of nitrogens with zero attached hydrogens (tertiary/aromatic N) is 2. The van der Waals surface area contributed by atoms with Gasteiger partial charge in [-0.3, -0.25) is 0 Å². The minimum Gasteiger partial charge on any atom is -0.217 e. The molecule has 0 atom stereocenters. The monoisotopic (exact) mass is 222 g/mol. The first-order chi connectivity index (χ1) is 6.79. The Balaban J connectivity index is 2.37. The average molecular weight is 222 g/mol. The van der Waals surface area contributed by atoms with Gasteiger partial charge in [0.2, 0.25) is 11.2 Å². The molecular formula is C9H6N2OS2. The zero-order valence-electron chi connectivity index (χ0n) is 7.35. The van der Waals surface area contributed by atoms with E-state index in [1.54, 1.807) is 11.3 Å². The van der Waals surface area contributed by atoms with Crippen LogP contribution in [0.4, 0.5) is 5.13 Å². The van der Waals surface area contributed by atoms with Gasteiger partial charge >= 0.3 is 0 Å². The molecule has 14 heavy (non-hydrogen) atoms. The van der Waals surface area contributed by atoms with Crippen LogP contribution in [0.15, 0.2) is 22.5 Å². The molecule has 0 bridgehead atoms. The second-order valence-corrected chi connectivity index (χ2v) is 4.75. The highest BCUT2D eigenvalue weighted by atomic mass is 32.1. The highest BCUT2D eigenvalue weighted by Gasteiger charge is 2.05. The van der Waals surface area contributed by atoms with Crippen LogP contribution in [0.5, 0.6) is 0 Å². The maximum Gasteiger partial charge on any atom is 0.242 e. The van der Waals surface area contributed by atoms with Crippen molar-refractivity contribution in [2.24, 2.45) is 4.99 Å². The van der Waals surface area contributed by atoms with Crippen LogP contribution in [0.3, 0.4) is 0 Å². The fourth-order valence-corrected chi connectivity index (χ4v) is 2.58. The van der Waals surface area contributed by atoms with Crippen molar-refractivity contribution in [1.82, 2.24) is 4.98 Å². The van der Waals surface area contributed by atoms with E-state index in [0.29, 0.717) is 5.13 Å². The van der Waals surface area contributed by atoms with Crippen LogP contribution >= 0.6 is 22.7 Å². The summed E-state index contributed by atoms with van der Waals surface area (Å²) in [5.41, 5.74) is 0.877. The lowest BCUT2D eigenvalue weighted by atomic mass is 10.4. The van der Waals surface area contributed by atoms with E-state index in [-0.39, 0.29) is 0 Å². The molecule has 3 nitrogen and oxygen atoms in total. The van der Waals surface area contributed by atoms with Gasteiger partial charge in [0, 0.05) is 10.3 Å². The normalized spacial score (nSPS) is 9.79. The van der Waals surface area contributed by atoms with Gasteiger partial charge in [0.15, 0.2) is 0 Å². The first-order valence-electron chi connectivity index (χ1n) is 3.90. The summed E-state index contributed by atoms with van der Waals surface area (Å²) in [6.45, 7) is 2.05. The summed E-state index contributed by atoms with van der Waals surface area (Å²) in [7, 11) is 0. The molecule has 2 aromatic rings. The molecule has 0 aromatic carbocycles. The molecule has 0 aliphatic carbocycles. The van der Waals surface area contributed by atoms with E-state index in [1.807, 2.05) is 24.4 Å². The number of thiophene rings is 1. The van der Waals surface area contributed by atoms with Gasteiger partial charge in [-0.05, 0) is 19.1 Å². The van der Waals surface area contributed by atoms with Crippen molar-refractivity contribution in [3.05, 3.63) is 22.4 Å². The van der Waals surface area contributed by atoms with Gasteiger partial charge in [-0.25, -0.2) is 9.78 Å². The maximum absolute atomic E-state index is 10.0. The first-order valence-corrected chi connectivity index (χ1v) is 5.59. The lowest BCUT2D eigenvalue weighted by molar-refractivity contribution is 0.565. The molecule has 2 heterocycles. The molecular weight excluding hydrogens is 216 g/mol. The number of aromatic nitrogens is 1. The van der Waals surface area contributed by atoms with Crippen LogP contribution in [-0.2, 0) is 4.79 Å². The third kappa shape index (κ3) is 1.80. The minimum atomic E-state index is 0.459. The third-order valence-electron chi connectivity index (χ3n) is 1.63. The number of aliphatic imine (C=N–C) groups is 1. The Kier molecular flexibility index (Phi) is 2.54. The van der Waals surface area contributed by atoms with E-state index >= 15 is 0 Å². The quantitative estimate of drug-likeness (QED) is 0.578. The molecule has 2 aromatic heterocycles. The lowest BCUT2D eigenvalue weighted by Gasteiger charge is -1.85.